The quantitative estimate of drug-likeness (QED) is 0.782. The highest BCUT2D eigenvalue weighted by Crippen LogP contribution is 2.21. The first kappa shape index (κ1) is 11.7. The summed E-state index contributed by atoms with van der Waals surface area (Å²) in [6.07, 6.45) is 1.36. The first-order valence-electron chi connectivity index (χ1n) is 4.84. The van der Waals surface area contributed by atoms with Gasteiger partial charge in [0.25, 0.3) is 0 Å². The van der Waals surface area contributed by atoms with Gasteiger partial charge in [-0.15, -0.1) is 5.10 Å². The van der Waals surface area contributed by atoms with Crippen LogP contribution in [0.1, 0.15) is 15.2 Å². The number of Topliss-reactive ketones (excluding diaryl/α,β-unsaturated/α-hetero) is 1. The van der Waals surface area contributed by atoms with Crippen LogP contribution >= 0.6 is 11.5 Å². The Kier molecular flexibility index (Phi) is 3.43. The third kappa shape index (κ3) is 2.47. The van der Waals surface area contributed by atoms with E-state index in [9.17, 15) is 9.18 Å². The maximum absolute atomic E-state index is 13.8. The molecule has 0 unspecified atom stereocenters. The second-order valence-electron chi connectivity index (χ2n) is 3.32. The molecule has 0 aliphatic carbocycles. The molecule has 0 saturated carbocycles. The predicted molar refractivity (Wildman–Crippen MR) is 60.9 cm³/mol. The van der Waals surface area contributed by atoms with Crippen LogP contribution in [0.3, 0.4) is 0 Å². The molecule has 2 aromatic rings. The van der Waals surface area contributed by atoms with Crippen molar-refractivity contribution in [3.8, 4) is 5.75 Å². The summed E-state index contributed by atoms with van der Waals surface area (Å²) in [5.74, 6) is -0.564. The maximum Gasteiger partial charge on any atom is 0.180 e. The minimum atomic E-state index is -0.499. The van der Waals surface area contributed by atoms with Gasteiger partial charge in [0.05, 0.1) is 13.3 Å². The van der Waals surface area contributed by atoms with Crippen LogP contribution in [-0.2, 0) is 6.42 Å². The summed E-state index contributed by atoms with van der Waals surface area (Å²) >= 11 is 1.00. The van der Waals surface area contributed by atoms with Crippen molar-refractivity contribution in [2.75, 3.05) is 7.11 Å². The van der Waals surface area contributed by atoms with E-state index in [1.807, 2.05) is 0 Å². The van der Waals surface area contributed by atoms with E-state index in [0.29, 0.717) is 10.4 Å². The van der Waals surface area contributed by atoms with Crippen molar-refractivity contribution in [1.82, 2.24) is 9.59 Å². The van der Waals surface area contributed by atoms with E-state index in [4.69, 9.17) is 4.74 Å². The number of carbonyl (C=O) groups excluding carboxylic acids is 1. The second-order valence-corrected chi connectivity index (χ2v) is 4.10. The first-order valence-corrected chi connectivity index (χ1v) is 5.61. The summed E-state index contributed by atoms with van der Waals surface area (Å²) in [6, 6.07) is 4.72. The molecule has 88 valence electrons. The number of hydrogen-bond donors (Lipinski definition) is 0. The predicted octanol–water partition coefficient (Wildman–Crippen LogP) is 2.11. The van der Waals surface area contributed by atoms with Gasteiger partial charge in [0.1, 0.15) is 4.88 Å². The zero-order chi connectivity index (χ0) is 12.3. The van der Waals surface area contributed by atoms with Gasteiger partial charge in [0.15, 0.2) is 17.3 Å². The Bertz CT molecular complexity index is 528. The second kappa shape index (κ2) is 5.01. The SMILES string of the molecule is COc1cccc(CC(=O)c2cnns2)c1F. The molecule has 0 spiro atoms. The number of halogens is 1. The number of nitrogens with zero attached hydrogens (tertiary/aromatic N) is 2. The molecule has 0 saturated heterocycles. The highest BCUT2D eigenvalue weighted by atomic mass is 32.1. The fourth-order valence-corrected chi connectivity index (χ4v) is 1.85. The lowest BCUT2D eigenvalue weighted by Gasteiger charge is -2.05. The average Bonchev–Trinajstić information content (AvgIpc) is 2.85. The van der Waals surface area contributed by atoms with E-state index in [2.05, 4.69) is 9.59 Å². The molecule has 6 heteroatoms. The van der Waals surface area contributed by atoms with E-state index in [-0.39, 0.29) is 18.0 Å². The molecule has 17 heavy (non-hydrogen) atoms. The van der Waals surface area contributed by atoms with Gasteiger partial charge >= 0.3 is 0 Å². The van der Waals surface area contributed by atoms with Gasteiger partial charge in [0, 0.05) is 6.42 Å². The number of benzene rings is 1. The Morgan fingerprint density at radius 2 is 2.35 bits per heavy atom. The van der Waals surface area contributed by atoms with Crippen molar-refractivity contribution in [2.45, 2.75) is 6.42 Å². The van der Waals surface area contributed by atoms with Gasteiger partial charge in [-0.25, -0.2) is 4.39 Å². The highest BCUT2D eigenvalue weighted by Gasteiger charge is 2.14. The average molecular weight is 252 g/mol. The minimum Gasteiger partial charge on any atom is -0.494 e. The van der Waals surface area contributed by atoms with Crippen LogP contribution in [0.15, 0.2) is 24.4 Å². The molecule has 2 rings (SSSR count). The van der Waals surface area contributed by atoms with Crippen LogP contribution in [0.25, 0.3) is 0 Å². The van der Waals surface area contributed by atoms with Crippen LogP contribution in [-0.4, -0.2) is 22.5 Å². The van der Waals surface area contributed by atoms with Crippen molar-refractivity contribution in [3.63, 3.8) is 0 Å². The van der Waals surface area contributed by atoms with E-state index in [1.165, 1.54) is 19.4 Å². The van der Waals surface area contributed by atoms with Gasteiger partial charge in [0.2, 0.25) is 0 Å². The van der Waals surface area contributed by atoms with Crippen molar-refractivity contribution in [3.05, 3.63) is 40.7 Å². The van der Waals surface area contributed by atoms with E-state index >= 15 is 0 Å². The van der Waals surface area contributed by atoms with Gasteiger partial charge < -0.3 is 4.74 Å². The number of methoxy groups -OCH3 is 1. The topological polar surface area (TPSA) is 52.1 Å². The highest BCUT2D eigenvalue weighted by molar-refractivity contribution is 7.07. The maximum atomic E-state index is 13.8. The Balaban J connectivity index is 2.22. The summed E-state index contributed by atoms with van der Waals surface area (Å²) in [7, 11) is 1.39. The molecule has 0 aliphatic rings. The molecule has 0 atom stereocenters. The van der Waals surface area contributed by atoms with Crippen molar-refractivity contribution < 1.29 is 13.9 Å². The van der Waals surface area contributed by atoms with Gasteiger partial charge in [-0.3, -0.25) is 4.79 Å². The molecule has 4 nitrogen and oxygen atoms in total. The van der Waals surface area contributed by atoms with E-state index < -0.39 is 5.82 Å². The Labute approximate surface area is 101 Å². The summed E-state index contributed by atoms with van der Waals surface area (Å²) < 4.78 is 22.2. The third-order valence-corrected chi connectivity index (χ3v) is 2.96. The molecule has 0 radical (unpaired) electrons. The van der Waals surface area contributed by atoms with Crippen molar-refractivity contribution >= 4 is 17.3 Å². The Morgan fingerprint density at radius 3 is 3.00 bits per heavy atom. The van der Waals surface area contributed by atoms with Crippen molar-refractivity contribution in [1.29, 1.82) is 0 Å². The number of ketones is 1. The van der Waals surface area contributed by atoms with Crippen LogP contribution < -0.4 is 4.74 Å². The van der Waals surface area contributed by atoms with Crippen LogP contribution in [0, 0.1) is 5.82 Å². The number of aromatic nitrogens is 2. The standard InChI is InChI=1S/C11H9FN2O2S/c1-16-9-4-2-3-7(11(9)12)5-8(15)10-6-13-14-17-10/h2-4,6H,5H2,1H3. The fourth-order valence-electron chi connectivity index (χ4n) is 1.40. The first-order chi connectivity index (χ1) is 8.22. The zero-order valence-corrected chi connectivity index (χ0v) is 9.83. The molecule has 1 heterocycles. The minimum absolute atomic E-state index is 0.0209. The van der Waals surface area contributed by atoms with Crippen LogP contribution in [0.5, 0.6) is 5.75 Å². The molecule has 1 aromatic heterocycles. The lowest BCUT2D eigenvalue weighted by Crippen LogP contribution is -2.04. The summed E-state index contributed by atoms with van der Waals surface area (Å²) in [5, 5.41) is 3.57. The van der Waals surface area contributed by atoms with Gasteiger partial charge in [-0.05, 0) is 23.2 Å². The Hall–Kier alpha value is -1.82. The molecule has 0 N–H and O–H groups in total. The molecule has 0 amide bonds. The fraction of sp³-hybridized carbons (Fsp3) is 0.182. The van der Waals surface area contributed by atoms with Crippen LogP contribution in [0.2, 0.25) is 0 Å². The van der Waals surface area contributed by atoms with Gasteiger partial charge in [-0.1, -0.05) is 16.6 Å². The summed E-state index contributed by atoms with van der Waals surface area (Å²) in [6.45, 7) is 0. The largest absolute Gasteiger partial charge is 0.494 e. The molecule has 0 bridgehead atoms. The lowest BCUT2D eigenvalue weighted by molar-refractivity contribution is 0.0995. The molecular formula is C11H9FN2O2S. The van der Waals surface area contributed by atoms with Crippen LogP contribution in [0.4, 0.5) is 4.39 Å². The van der Waals surface area contributed by atoms with E-state index in [1.54, 1.807) is 12.1 Å². The number of ether oxygens (including phenoxy) is 1. The number of rotatable bonds is 4. The van der Waals surface area contributed by atoms with Crippen molar-refractivity contribution in [2.24, 2.45) is 0 Å². The summed E-state index contributed by atoms with van der Waals surface area (Å²) in [4.78, 5) is 12.2. The zero-order valence-electron chi connectivity index (χ0n) is 9.01. The lowest BCUT2D eigenvalue weighted by atomic mass is 10.1. The van der Waals surface area contributed by atoms with E-state index in [0.717, 1.165) is 11.5 Å². The number of carbonyl (C=O) groups is 1. The molecule has 0 fully saturated rings. The normalized spacial score (nSPS) is 10.2. The summed E-state index contributed by atoms with van der Waals surface area (Å²) in [5.41, 5.74) is 0.308. The molecule has 1 aromatic carbocycles. The third-order valence-electron chi connectivity index (χ3n) is 2.25. The molecular weight excluding hydrogens is 243 g/mol. The number of hydrogen-bond acceptors (Lipinski definition) is 5. The Morgan fingerprint density at radius 1 is 1.53 bits per heavy atom. The smallest absolute Gasteiger partial charge is 0.180 e. The monoisotopic (exact) mass is 252 g/mol. The van der Waals surface area contributed by atoms with Gasteiger partial charge in [-0.2, -0.15) is 0 Å². The molecule has 0 aliphatic heterocycles.